The topological polar surface area (TPSA) is 15.3 Å². The molecule has 0 bridgehead atoms. The van der Waals surface area contributed by atoms with Gasteiger partial charge < -0.3 is 10.2 Å². The summed E-state index contributed by atoms with van der Waals surface area (Å²) in [6.45, 7) is 7.23. The van der Waals surface area contributed by atoms with Gasteiger partial charge in [0.2, 0.25) is 0 Å². The Hall–Kier alpha value is -0.0800. The zero-order chi connectivity index (χ0) is 5.98. The average molecular weight is 113 g/mol. The second kappa shape index (κ2) is 2.46. The van der Waals surface area contributed by atoms with Gasteiger partial charge in [-0.05, 0) is 14.0 Å². The predicted octanol–water partition coefficient (Wildman–Crippen LogP) is -0.276. The highest BCUT2D eigenvalue weighted by Gasteiger charge is 2.09. The highest BCUT2D eigenvalue weighted by molar-refractivity contribution is 4.77. The van der Waals surface area contributed by atoms with Crippen molar-refractivity contribution >= 4 is 0 Å². The van der Waals surface area contributed by atoms with E-state index in [1.54, 1.807) is 0 Å². The van der Waals surface area contributed by atoms with E-state index in [4.69, 9.17) is 0 Å². The SMILES string of the molecule is [CH2]C1CN(C)CCN1. The van der Waals surface area contributed by atoms with Gasteiger partial charge >= 0.3 is 0 Å². The fraction of sp³-hybridized carbons (Fsp3) is 0.833. The monoisotopic (exact) mass is 113 g/mol. The second-order valence-corrected chi connectivity index (χ2v) is 2.41. The van der Waals surface area contributed by atoms with Gasteiger partial charge in [-0.25, -0.2) is 0 Å². The Balaban J connectivity index is 2.23. The van der Waals surface area contributed by atoms with E-state index in [1.165, 1.54) is 0 Å². The van der Waals surface area contributed by atoms with Crippen LogP contribution in [0.4, 0.5) is 0 Å². The maximum atomic E-state index is 3.90. The minimum absolute atomic E-state index is 0.439. The molecule has 0 aromatic carbocycles. The van der Waals surface area contributed by atoms with E-state index >= 15 is 0 Å². The van der Waals surface area contributed by atoms with Crippen LogP contribution in [0.2, 0.25) is 0 Å². The Morgan fingerprint density at radius 3 is 2.88 bits per heavy atom. The largest absolute Gasteiger partial charge is 0.311 e. The van der Waals surface area contributed by atoms with Crippen molar-refractivity contribution in [3.63, 3.8) is 0 Å². The summed E-state index contributed by atoms with van der Waals surface area (Å²) in [5.74, 6) is 0. The molecule has 0 amide bonds. The molecule has 0 aromatic heterocycles. The Kier molecular flexibility index (Phi) is 1.86. The van der Waals surface area contributed by atoms with E-state index in [1.807, 2.05) is 0 Å². The molecular weight excluding hydrogens is 100 g/mol. The molecule has 0 spiro atoms. The maximum Gasteiger partial charge on any atom is 0.0196 e. The van der Waals surface area contributed by atoms with Crippen molar-refractivity contribution in [1.82, 2.24) is 10.2 Å². The number of nitrogens with zero attached hydrogens (tertiary/aromatic N) is 1. The molecule has 2 nitrogen and oxygen atoms in total. The molecule has 1 heterocycles. The summed E-state index contributed by atoms with van der Waals surface area (Å²) in [4.78, 5) is 2.29. The van der Waals surface area contributed by atoms with Gasteiger partial charge in [-0.1, -0.05) is 0 Å². The van der Waals surface area contributed by atoms with Crippen LogP contribution in [0.25, 0.3) is 0 Å². The van der Waals surface area contributed by atoms with Crippen molar-refractivity contribution in [2.24, 2.45) is 0 Å². The van der Waals surface area contributed by atoms with E-state index in [0.29, 0.717) is 6.04 Å². The molecule has 1 fully saturated rings. The van der Waals surface area contributed by atoms with Gasteiger partial charge in [-0.15, -0.1) is 0 Å². The van der Waals surface area contributed by atoms with Gasteiger partial charge in [-0.2, -0.15) is 0 Å². The number of likely N-dealkylation sites (N-methyl/N-ethyl adjacent to an activating group) is 1. The molecule has 1 radical (unpaired) electrons. The normalized spacial score (nSPS) is 33.0. The lowest BCUT2D eigenvalue weighted by Crippen LogP contribution is -2.47. The molecule has 1 unspecified atom stereocenters. The van der Waals surface area contributed by atoms with Crippen molar-refractivity contribution in [1.29, 1.82) is 0 Å². The van der Waals surface area contributed by atoms with Crippen molar-refractivity contribution in [2.75, 3.05) is 26.7 Å². The second-order valence-electron chi connectivity index (χ2n) is 2.41. The van der Waals surface area contributed by atoms with E-state index in [2.05, 4.69) is 24.2 Å². The van der Waals surface area contributed by atoms with Gasteiger partial charge in [0, 0.05) is 25.7 Å². The molecule has 2 heteroatoms. The van der Waals surface area contributed by atoms with Crippen molar-refractivity contribution in [3.05, 3.63) is 6.92 Å². The lowest BCUT2D eigenvalue weighted by Gasteiger charge is -2.27. The summed E-state index contributed by atoms with van der Waals surface area (Å²) < 4.78 is 0. The van der Waals surface area contributed by atoms with Crippen LogP contribution >= 0.6 is 0 Å². The molecule has 1 atom stereocenters. The number of nitrogens with one attached hydrogen (secondary N) is 1. The number of hydrogen-bond donors (Lipinski definition) is 1. The fourth-order valence-electron chi connectivity index (χ4n) is 0.992. The van der Waals surface area contributed by atoms with Crippen LogP contribution in [0, 0.1) is 6.92 Å². The van der Waals surface area contributed by atoms with Crippen LogP contribution in [-0.2, 0) is 0 Å². The zero-order valence-corrected chi connectivity index (χ0v) is 5.35. The van der Waals surface area contributed by atoms with Crippen molar-refractivity contribution in [3.8, 4) is 0 Å². The van der Waals surface area contributed by atoms with Crippen LogP contribution < -0.4 is 5.32 Å². The molecule has 1 N–H and O–H groups in total. The Morgan fingerprint density at radius 1 is 1.75 bits per heavy atom. The number of piperazine rings is 1. The first kappa shape index (κ1) is 6.05. The predicted molar refractivity (Wildman–Crippen MR) is 34.6 cm³/mol. The van der Waals surface area contributed by atoms with Gasteiger partial charge in [0.15, 0.2) is 0 Å². The van der Waals surface area contributed by atoms with Crippen LogP contribution in [0.5, 0.6) is 0 Å². The average Bonchev–Trinajstić information content (AvgIpc) is 1.64. The Morgan fingerprint density at radius 2 is 2.50 bits per heavy atom. The molecule has 0 aromatic rings. The molecule has 47 valence electrons. The van der Waals surface area contributed by atoms with Crippen LogP contribution in [-0.4, -0.2) is 37.6 Å². The molecule has 0 saturated carbocycles. The minimum atomic E-state index is 0.439. The van der Waals surface area contributed by atoms with Gasteiger partial charge in [0.05, 0.1) is 0 Å². The summed E-state index contributed by atoms with van der Waals surface area (Å²) >= 11 is 0. The van der Waals surface area contributed by atoms with Gasteiger partial charge in [-0.3, -0.25) is 0 Å². The number of hydrogen-bond acceptors (Lipinski definition) is 2. The highest BCUT2D eigenvalue weighted by Crippen LogP contribution is 1.92. The van der Waals surface area contributed by atoms with E-state index < -0.39 is 0 Å². The molecule has 8 heavy (non-hydrogen) atoms. The Labute approximate surface area is 50.9 Å². The highest BCUT2D eigenvalue weighted by atomic mass is 15.2. The third-order valence-corrected chi connectivity index (χ3v) is 1.46. The van der Waals surface area contributed by atoms with Crippen LogP contribution in [0.3, 0.4) is 0 Å². The summed E-state index contributed by atoms with van der Waals surface area (Å²) in [6.07, 6.45) is 0. The van der Waals surface area contributed by atoms with E-state index in [0.717, 1.165) is 19.6 Å². The zero-order valence-electron chi connectivity index (χ0n) is 5.35. The molecule has 1 aliphatic heterocycles. The van der Waals surface area contributed by atoms with E-state index in [9.17, 15) is 0 Å². The minimum Gasteiger partial charge on any atom is -0.311 e. The molecular formula is C6H13N2. The molecule has 1 rings (SSSR count). The van der Waals surface area contributed by atoms with Gasteiger partial charge in [0.25, 0.3) is 0 Å². The maximum absolute atomic E-state index is 3.90. The lowest BCUT2D eigenvalue weighted by atomic mass is 10.2. The van der Waals surface area contributed by atoms with Crippen LogP contribution in [0.1, 0.15) is 0 Å². The molecule has 0 aliphatic carbocycles. The molecule has 1 saturated heterocycles. The first-order valence-electron chi connectivity index (χ1n) is 3.04. The van der Waals surface area contributed by atoms with E-state index in [-0.39, 0.29) is 0 Å². The third-order valence-electron chi connectivity index (χ3n) is 1.46. The first-order valence-corrected chi connectivity index (χ1v) is 3.04. The summed E-state index contributed by atoms with van der Waals surface area (Å²) in [7, 11) is 2.12. The quantitative estimate of drug-likeness (QED) is 0.465. The third kappa shape index (κ3) is 1.46. The van der Waals surface area contributed by atoms with Crippen molar-refractivity contribution in [2.45, 2.75) is 6.04 Å². The molecule has 1 aliphatic rings. The number of rotatable bonds is 0. The van der Waals surface area contributed by atoms with Gasteiger partial charge in [0.1, 0.15) is 0 Å². The fourth-order valence-corrected chi connectivity index (χ4v) is 0.992. The lowest BCUT2D eigenvalue weighted by molar-refractivity contribution is 0.260. The Bertz CT molecular complexity index is 64.9. The first-order chi connectivity index (χ1) is 3.79. The van der Waals surface area contributed by atoms with Crippen LogP contribution in [0.15, 0.2) is 0 Å². The summed E-state index contributed by atoms with van der Waals surface area (Å²) in [6, 6.07) is 0.439. The summed E-state index contributed by atoms with van der Waals surface area (Å²) in [5.41, 5.74) is 0. The standard InChI is InChI=1S/C6H13N2/c1-6-5-8(2)4-3-7-6/h6-7H,1,3-5H2,2H3. The van der Waals surface area contributed by atoms with Crippen molar-refractivity contribution < 1.29 is 0 Å². The summed E-state index contributed by atoms with van der Waals surface area (Å²) in [5, 5.41) is 3.26. The smallest absolute Gasteiger partial charge is 0.0196 e.